The number of nitrogens with zero attached hydrogens (tertiary/aromatic N) is 2. The first-order valence-corrected chi connectivity index (χ1v) is 13.3. The average Bonchev–Trinajstić information content (AvgIpc) is 3.09. The normalized spacial score (nSPS) is 16.1. The summed E-state index contributed by atoms with van der Waals surface area (Å²) in [6.07, 6.45) is 3.63. The van der Waals surface area contributed by atoms with Gasteiger partial charge in [-0.05, 0) is 44.6 Å². The summed E-state index contributed by atoms with van der Waals surface area (Å²) >= 11 is 4.72. The van der Waals surface area contributed by atoms with Crippen molar-refractivity contribution in [3.05, 3.63) is 46.3 Å². The van der Waals surface area contributed by atoms with Crippen molar-refractivity contribution in [2.45, 2.75) is 62.0 Å². The van der Waals surface area contributed by atoms with Gasteiger partial charge < -0.3 is 10.1 Å². The molecule has 0 aliphatic carbocycles. The van der Waals surface area contributed by atoms with Crippen molar-refractivity contribution in [1.29, 1.82) is 0 Å². The number of thioether (sulfide) groups is 2. The zero-order chi connectivity index (χ0) is 22.0. The predicted molar refractivity (Wildman–Crippen MR) is 130 cm³/mol. The summed E-state index contributed by atoms with van der Waals surface area (Å²) in [4.78, 5) is 24.4. The van der Waals surface area contributed by atoms with Crippen LogP contribution in [-0.2, 0) is 29.0 Å². The van der Waals surface area contributed by atoms with Crippen LogP contribution in [0.3, 0.4) is 0 Å². The second-order valence-electron chi connectivity index (χ2n) is 8.37. The Hall–Kier alpha value is -1.61. The molecule has 0 fully saturated rings. The van der Waals surface area contributed by atoms with Crippen molar-refractivity contribution < 1.29 is 9.53 Å². The first kappa shape index (κ1) is 22.6. The van der Waals surface area contributed by atoms with Crippen LogP contribution in [-0.4, -0.2) is 39.5 Å². The average molecular weight is 474 g/mol. The van der Waals surface area contributed by atoms with E-state index in [-0.39, 0.29) is 17.6 Å². The standard InChI is InChI=1S/C23H27N3O2S3/c1-14(10-15-8-6-5-7-9-15)24-18(27)13-30-20-19-16-11-23(2,3)28-12-17(16)31-21(19)26-22(25-20)29-4/h5-9,14H,10-13H2,1-4H3,(H,24,27)/t14-/m1/s1. The summed E-state index contributed by atoms with van der Waals surface area (Å²) in [6, 6.07) is 10.3. The van der Waals surface area contributed by atoms with Gasteiger partial charge in [-0.15, -0.1) is 11.3 Å². The minimum atomic E-state index is -0.203. The molecule has 5 nitrogen and oxygen atoms in total. The van der Waals surface area contributed by atoms with Gasteiger partial charge in [-0.25, -0.2) is 9.97 Å². The highest BCUT2D eigenvalue weighted by Crippen LogP contribution is 2.42. The van der Waals surface area contributed by atoms with Crippen LogP contribution in [0.15, 0.2) is 40.5 Å². The number of amides is 1. The van der Waals surface area contributed by atoms with Crippen molar-refractivity contribution in [1.82, 2.24) is 15.3 Å². The summed E-state index contributed by atoms with van der Waals surface area (Å²) in [6.45, 7) is 6.89. The van der Waals surface area contributed by atoms with Crippen LogP contribution in [0.1, 0.15) is 36.8 Å². The largest absolute Gasteiger partial charge is 0.370 e. The fourth-order valence-corrected chi connectivity index (χ4v) is 6.27. The maximum atomic E-state index is 12.6. The van der Waals surface area contributed by atoms with E-state index >= 15 is 0 Å². The molecule has 8 heteroatoms. The quantitative estimate of drug-likeness (QED) is 0.292. The number of nitrogens with one attached hydrogen (secondary N) is 1. The fraction of sp³-hybridized carbons (Fsp3) is 0.435. The number of ether oxygens (including phenoxy) is 1. The molecule has 0 spiro atoms. The van der Waals surface area contributed by atoms with Crippen LogP contribution in [0.4, 0.5) is 0 Å². The Bertz CT molecular complexity index is 1080. The lowest BCUT2D eigenvalue weighted by Crippen LogP contribution is -2.35. The maximum absolute atomic E-state index is 12.6. The molecule has 1 aliphatic heterocycles. The Morgan fingerprint density at radius 3 is 2.81 bits per heavy atom. The molecule has 3 aromatic rings. The van der Waals surface area contributed by atoms with Crippen molar-refractivity contribution >= 4 is 51.0 Å². The highest BCUT2D eigenvalue weighted by atomic mass is 32.2. The van der Waals surface area contributed by atoms with E-state index in [2.05, 4.69) is 31.3 Å². The number of carbonyl (C=O) groups is 1. The molecule has 31 heavy (non-hydrogen) atoms. The Balaban J connectivity index is 1.50. The SMILES string of the molecule is CSc1nc(SCC(=O)N[C@H](C)Cc2ccccc2)c2c3c(sc2n1)COC(C)(C)C3. The molecule has 0 saturated heterocycles. The third-order valence-electron chi connectivity index (χ3n) is 5.19. The van der Waals surface area contributed by atoms with E-state index in [0.717, 1.165) is 33.2 Å². The maximum Gasteiger partial charge on any atom is 0.230 e. The first-order valence-electron chi connectivity index (χ1n) is 10.3. The van der Waals surface area contributed by atoms with Gasteiger partial charge in [0.15, 0.2) is 5.16 Å². The van der Waals surface area contributed by atoms with Crippen LogP contribution < -0.4 is 5.32 Å². The summed E-state index contributed by atoms with van der Waals surface area (Å²) in [5.74, 6) is 0.363. The second-order valence-corrected chi connectivity index (χ2v) is 11.2. The summed E-state index contributed by atoms with van der Waals surface area (Å²) in [5.41, 5.74) is 2.30. The minimum Gasteiger partial charge on any atom is -0.370 e. The minimum absolute atomic E-state index is 0.0265. The monoisotopic (exact) mass is 473 g/mol. The summed E-state index contributed by atoms with van der Waals surface area (Å²) < 4.78 is 5.99. The van der Waals surface area contributed by atoms with Crippen molar-refractivity contribution in [2.75, 3.05) is 12.0 Å². The van der Waals surface area contributed by atoms with Gasteiger partial charge in [0, 0.05) is 22.7 Å². The Morgan fingerprint density at radius 1 is 1.29 bits per heavy atom. The van der Waals surface area contributed by atoms with E-state index in [1.165, 1.54) is 39.5 Å². The summed E-state index contributed by atoms with van der Waals surface area (Å²) in [7, 11) is 0. The Kier molecular flexibility index (Phi) is 6.91. The Morgan fingerprint density at radius 2 is 2.06 bits per heavy atom. The van der Waals surface area contributed by atoms with Gasteiger partial charge in [0.2, 0.25) is 5.91 Å². The zero-order valence-corrected chi connectivity index (χ0v) is 20.7. The van der Waals surface area contributed by atoms with Gasteiger partial charge in [0.05, 0.1) is 18.0 Å². The number of carbonyl (C=O) groups excluding carboxylic acids is 1. The molecule has 1 atom stereocenters. The lowest BCUT2D eigenvalue weighted by Gasteiger charge is -2.30. The van der Waals surface area contributed by atoms with Gasteiger partial charge in [0.25, 0.3) is 0 Å². The highest BCUT2D eigenvalue weighted by Gasteiger charge is 2.31. The molecule has 1 aliphatic rings. The number of thiophene rings is 1. The van der Waals surface area contributed by atoms with Crippen molar-refractivity contribution in [3.8, 4) is 0 Å². The van der Waals surface area contributed by atoms with E-state index in [0.29, 0.717) is 12.4 Å². The van der Waals surface area contributed by atoms with Gasteiger partial charge in [-0.2, -0.15) is 0 Å². The van der Waals surface area contributed by atoms with Gasteiger partial charge in [-0.1, -0.05) is 53.9 Å². The molecule has 4 rings (SSSR count). The van der Waals surface area contributed by atoms with Crippen molar-refractivity contribution in [2.24, 2.45) is 0 Å². The van der Waals surface area contributed by atoms with Crippen molar-refractivity contribution in [3.63, 3.8) is 0 Å². The zero-order valence-electron chi connectivity index (χ0n) is 18.2. The number of fused-ring (bicyclic) bond motifs is 3. The van der Waals surface area contributed by atoms with Crippen LogP contribution in [0, 0.1) is 0 Å². The number of benzene rings is 1. The number of hydrogen-bond acceptors (Lipinski definition) is 7. The highest BCUT2D eigenvalue weighted by molar-refractivity contribution is 8.00. The van der Waals surface area contributed by atoms with Crippen LogP contribution >= 0.6 is 34.9 Å². The second kappa shape index (κ2) is 9.48. The lowest BCUT2D eigenvalue weighted by molar-refractivity contribution is -0.119. The van der Waals surface area contributed by atoms with E-state index in [4.69, 9.17) is 14.7 Å². The number of rotatable bonds is 7. The molecular formula is C23H27N3O2S3. The lowest BCUT2D eigenvalue weighted by atomic mass is 9.95. The van der Waals surface area contributed by atoms with Crippen LogP contribution in [0.2, 0.25) is 0 Å². The molecule has 3 heterocycles. The van der Waals surface area contributed by atoms with Gasteiger partial charge >= 0.3 is 0 Å². The molecule has 1 N–H and O–H groups in total. The molecule has 2 aromatic heterocycles. The van der Waals surface area contributed by atoms with E-state index in [1.807, 2.05) is 31.4 Å². The van der Waals surface area contributed by atoms with Gasteiger partial charge in [-0.3, -0.25) is 4.79 Å². The van der Waals surface area contributed by atoms with Crippen LogP contribution in [0.5, 0.6) is 0 Å². The third-order valence-corrected chi connectivity index (χ3v) is 7.81. The molecule has 1 amide bonds. The predicted octanol–water partition coefficient (Wildman–Crippen LogP) is 5.10. The molecule has 164 valence electrons. The van der Waals surface area contributed by atoms with E-state index < -0.39 is 0 Å². The van der Waals surface area contributed by atoms with Crippen LogP contribution in [0.25, 0.3) is 10.2 Å². The first-order chi connectivity index (χ1) is 14.8. The molecule has 0 radical (unpaired) electrons. The smallest absolute Gasteiger partial charge is 0.230 e. The molecule has 0 saturated carbocycles. The fourth-order valence-electron chi connectivity index (χ4n) is 3.76. The Labute approximate surface area is 195 Å². The molecular weight excluding hydrogens is 446 g/mol. The van der Waals surface area contributed by atoms with E-state index in [9.17, 15) is 4.79 Å². The molecule has 0 bridgehead atoms. The number of hydrogen-bond donors (Lipinski definition) is 1. The number of aromatic nitrogens is 2. The molecule has 0 unspecified atom stereocenters. The summed E-state index contributed by atoms with van der Waals surface area (Å²) in [5, 5.41) is 5.86. The molecule has 1 aromatic carbocycles. The third kappa shape index (κ3) is 5.42. The van der Waals surface area contributed by atoms with Gasteiger partial charge in [0.1, 0.15) is 9.86 Å². The topological polar surface area (TPSA) is 64.1 Å². The van der Waals surface area contributed by atoms with E-state index in [1.54, 1.807) is 11.3 Å².